The monoisotopic (exact) mass is 289 g/mol. The molecule has 0 aliphatic heterocycles. The van der Waals surface area contributed by atoms with Crippen molar-refractivity contribution in [3.05, 3.63) is 0 Å². The molecule has 0 aliphatic carbocycles. The van der Waals surface area contributed by atoms with Crippen LogP contribution in [0, 0.1) is 0 Å². The van der Waals surface area contributed by atoms with Crippen LogP contribution in [0.1, 0.15) is 12.8 Å². The van der Waals surface area contributed by atoms with E-state index in [0.29, 0.717) is 5.13 Å². The SMILES string of the molecule is CSc1nnc(N(CCC(=O)[O-])CCC(=O)[O-])s1. The maximum atomic E-state index is 10.4. The molecule has 0 saturated carbocycles. The van der Waals surface area contributed by atoms with Gasteiger partial charge in [0, 0.05) is 37.9 Å². The molecule has 0 saturated heterocycles. The molecule has 0 bridgehead atoms. The molecule has 18 heavy (non-hydrogen) atoms. The lowest BCUT2D eigenvalue weighted by atomic mass is 10.3. The number of hydrogen-bond acceptors (Lipinski definition) is 9. The van der Waals surface area contributed by atoms with E-state index in [9.17, 15) is 19.8 Å². The molecule has 0 aromatic carbocycles. The smallest absolute Gasteiger partial charge is 0.209 e. The van der Waals surface area contributed by atoms with E-state index in [-0.39, 0.29) is 25.9 Å². The highest BCUT2D eigenvalue weighted by atomic mass is 32.2. The summed E-state index contributed by atoms with van der Waals surface area (Å²) in [5.41, 5.74) is 0. The quantitative estimate of drug-likeness (QED) is 0.523. The van der Waals surface area contributed by atoms with E-state index in [1.165, 1.54) is 23.1 Å². The molecule has 0 unspecified atom stereocenters. The zero-order valence-electron chi connectivity index (χ0n) is 9.62. The number of nitrogens with zero attached hydrogens (tertiary/aromatic N) is 3. The van der Waals surface area contributed by atoms with Crippen LogP contribution in [0.2, 0.25) is 0 Å². The summed E-state index contributed by atoms with van der Waals surface area (Å²) in [7, 11) is 0. The molecule has 1 rings (SSSR count). The van der Waals surface area contributed by atoms with Crippen LogP contribution in [0.15, 0.2) is 4.34 Å². The minimum Gasteiger partial charge on any atom is -0.550 e. The second-order valence-electron chi connectivity index (χ2n) is 3.29. The van der Waals surface area contributed by atoms with E-state index >= 15 is 0 Å². The first-order valence-corrected chi connectivity index (χ1v) is 7.09. The maximum absolute atomic E-state index is 10.4. The first-order valence-electron chi connectivity index (χ1n) is 5.05. The standard InChI is InChI=1S/C9H13N3O4S2/c1-17-9-11-10-8(18-9)12(4-2-6(13)14)5-3-7(15)16/h2-5H2,1H3,(H,13,14)(H,15,16)/p-2. The minimum atomic E-state index is -1.19. The Hall–Kier alpha value is -1.35. The van der Waals surface area contributed by atoms with Gasteiger partial charge in [-0.2, -0.15) is 0 Å². The summed E-state index contributed by atoms with van der Waals surface area (Å²) in [5, 5.41) is 29.1. The molecule has 7 nitrogen and oxygen atoms in total. The third-order valence-corrected chi connectivity index (χ3v) is 3.97. The summed E-state index contributed by atoms with van der Waals surface area (Å²) in [6.07, 6.45) is 1.46. The zero-order valence-corrected chi connectivity index (χ0v) is 11.3. The zero-order chi connectivity index (χ0) is 13.5. The van der Waals surface area contributed by atoms with Gasteiger partial charge in [0.15, 0.2) is 4.34 Å². The van der Waals surface area contributed by atoms with Crippen molar-refractivity contribution in [1.29, 1.82) is 0 Å². The van der Waals surface area contributed by atoms with Gasteiger partial charge in [0.05, 0.1) is 0 Å². The van der Waals surface area contributed by atoms with E-state index in [1.807, 2.05) is 6.26 Å². The lowest BCUT2D eigenvalue weighted by Gasteiger charge is -2.21. The summed E-state index contributed by atoms with van der Waals surface area (Å²) in [6, 6.07) is 0. The van der Waals surface area contributed by atoms with Crippen LogP contribution in [0.4, 0.5) is 5.13 Å². The Balaban J connectivity index is 2.68. The normalized spacial score (nSPS) is 10.3. The van der Waals surface area contributed by atoms with E-state index in [0.717, 1.165) is 4.34 Å². The van der Waals surface area contributed by atoms with Gasteiger partial charge in [0.1, 0.15) is 0 Å². The number of carbonyl (C=O) groups is 2. The third-order valence-electron chi connectivity index (χ3n) is 2.01. The molecule has 100 valence electrons. The Morgan fingerprint density at radius 3 is 2.17 bits per heavy atom. The molecule has 0 fully saturated rings. The fraction of sp³-hybridized carbons (Fsp3) is 0.556. The van der Waals surface area contributed by atoms with Crippen molar-refractivity contribution in [2.45, 2.75) is 17.2 Å². The lowest BCUT2D eigenvalue weighted by molar-refractivity contribution is -0.306. The van der Waals surface area contributed by atoms with E-state index < -0.39 is 11.9 Å². The van der Waals surface area contributed by atoms with E-state index in [2.05, 4.69) is 10.2 Å². The Labute approximate surface area is 112 Å². The molecule has 0 amide bonds. The predicted molar refractivity (Wildman–Crippen MR) is 63.2 cm³/mol. The number of thioether (sulfide) groups is 1. The van der Waals surface area contributed by atoms with Crippen LogP contribution >= 0.6 is 23.1 Å². The summed E-state index contributed by atoms with van der Waals surface area (Å²) >= 11 is 2.70. The number of aromatic nitrogens is 2. The van der Waals surface area contributed by atoms with Gasteiger partial charge in [-0.25, -0.2) is 0 Å². The van der Waals surface area contributed by atoms with Gasteiger partial charge in [-0.1, -0.05) is 23.1 Å². The van der Waals surface area contributed by atoms with Crippen LogP contribution in [-0.2, 0) is 9.59 Å². The number of carboxylic acid groups (broad SMARTS) is 2. The summed E-state index contributed by atoms with van der Waals surface area (Å²) in [6.45, 7) is 0.275. The third kappa shape index (κ3) is 4.88. The molecule has 0 N–H and O–H groups in total. The summed E-state index contributed by atoms with van der Waals surface area (Å²) in [5.74, 6) is -2.38. The Morgan fingerprint density at radius 1 is 1.22 bits per heavy atom. The van der Waals surface area contributed by atoms with Crippen molar-refractivity contribution in [2.24, 2.45) is 0 Å². The molecular weight excluding hydrogens is 278 g/mol. The van der Waals surface area contributed by atoms with Crippen molar-refractivity contribution >= 4 is 40.2 Å². The first-order chi connectivity index (χ1) is 8.52. The summed E-state index contributed by atoms with van der Waals surface area (Å²) < 4.78 is 0.733. The molecule has 0 radical (unpaired) electrons. The van der Waals surface area contributed by atoms with Crippen LogP contribution in [0.5, 0.6) is 0 Å². The van der Waals surface area contributed by atoms with Crippen LogP contribution in [0.3, 0.4) is 0 Å². The number of carboxylic acids is 2. The summed E-state index contributed by atoms with van der Waals surface area (Å²) in [4.78, 5) is 22.4. The van der Waals surface area contributed by atoms with Gasteiger partial charge < -0.3 is 24.7 Å². The van der Waals surface area contributed by atoms with Gasteiger partial charge in [0.25, 0.3) is 0 Å². The Bertz CT molecular complexity index is 406. The lowest BCUT2D eigenvalue weighted by Crippen LogP contribution is -2.34. The minimum absolute atomic E-state index is 0.138. The van der Waals surface area contributed by atoms with Crippen molar-refractivity contribution in [2.75, 3.05) is 24.2 Å². The molecule has 1 heterocycles. The molecule has 1 aromatic rings. The fourth-order valence-corrected chi connectivity index (χ4v) is 2.48. The van der Waals surface area contributed by atoms with Crippen molar-refractivity contribution in [3.8, 4) is 0 Å². The number of rotatable bonds is 8. The van der Waals surface area contributed by atoms with E-state index in [1.54, 1.807) is 4.90 Å². The highest BCUT2D eigenvalue weighted by molar-refractivity contribution is 8.00. The number of hydrogen-bond donors (Lipinski definition) is 0. The van der Waals surface area contributed by atoms with Crippen molar-refractivity contribution < 1.29 is 19.8 Å². The van der Waals surface area contributed by atoms with Gasteiger partial charge >= 0.3 is 0 Å². The number of aliphatic carboxylic acids is 2. The average molecular weight is 289 g/mol. The largest absolute Gasteiger partial charge is 0.550 e. The first kappa shape index (κ1) is 14.7. The number of carbonyl (C=O) groups excluding carboxylic acids is 2. The van der Waals surface area contributed by atoms with Gasteiger partial charge in [-0.05, 0) is 6.26 Å². The Morgan fingerprint density at radius 2 is 1.78 bits per heavy atom. The predicted octanol–water partition coefficient (Wildman–Crippen LogP) is -1.65. The highest BCUT2D eigenvalue weighted by Gasteiger charge is 2.12. The fourth-order valence-electron chi connectivity index (χ4n) is 1.17. The molecule has 0 spiro atoms. The maximum Gasteiger partial charge on any atom is 0.209 e. The average Bonchev–Trinajstić information content (AvgIpc) is 2.77. The Kier molecular flexibility index (Phi) is 5.86. The highest BCUT2D eigenvalue weighted by Crippen LogP contribution is 2.26. The van der Waals surface area contributed by atoms with Crippen molar-refractivity contribution in [1.82, 2.24) is 10.2 Å². The van der Waals surface area contributed by atoms with Gasteiger partial charge in [-0.3, -0.25) is 0 Å². The molecule has 1 aromatic heterocycles. The van der Waals surface area contributed by atoms with Crippen LogP contribution in [-0.4, -0.2) is 41.5 Å². The topological polar surface area (TPSA) is 109 Å². The van der Waals surface area contributed by atoms with E-state index in [4.69, 9.17) is 0 Å². The molecule has 9 heteroatoms. The molecule has 0 aliphatic rings. The second kappa shape index (κ2) is 7.17. The molecule has 0 atom stereocenters. The molecular formula is C9H11N3O4S2-2. The van der Waals surface area contributed by atoms with Crippen LogP contribution in [0.25, 0.3) is 0 Å². The van der Waals surface area contributed by atoms with Crippen molar-refractivity contribution in [3.63, 3.8) is 0 Å². The van der Waals surface area contributed by atoms with Gasteiger partial charge in [-0.15, -0.1) is 10.2 Å². The number of anilines is 1. The van der Waals surface area contributed by atoms with Gasteiger partial charge in [0.2, 0.25) is 5.13 Å². The van der Waals surface area contributed by atoms with Crippen LogP contribution < -0.4 is 15.1 Å². The second-order valence-corrected chi connectivity index (χ2v) is 5.30.